The maximum Gasteiger partial charge on any atom is 0.314 e. The molecule has 1 saturated heterocycles. The SMILES string of the molecule is C[C@]1(O)CCN(C(N)=O)C1. The van der Waals surface area contributed by atoms with Crippen molar-refractivity contribution in [3.63, 3.8) is 0 Å². The zero-order valence-corrected chi connectivity index (χ0v) is 6.00. The molecule has 0 aliphatic carbocycles. The summed E-state index contributed by atoms with van der Waals surface area (Å²) in [6.45, 7) is 2.64. The van der Waals surface area contributed by atoms with E-state index >= 15 is 0 Å². The number of nitrogens with two attached hydrogens (primary N) is 1. The van der Waals surface area contributed by atoms with Gasteiger partial charge in [-0.25, -0.2) is 4.79 Å². The Morgan fingerprint density at radius 1 is 1.80 bits per heavy atom. The molecule has 0 aromatic heterocycles. The van der Waals surface area contributed by atoms with Crippen molar-refractivity contribution in [2.24, 2.45) is 5.73 Å². The second-order valence-corrected chi connectivity index (χ2v) is 3.01. The third-order valence-corrected chi connectivity index (χ3v) is 1.76. The van der Waals surface area contributed by atoms with E-state index in [0.29, 0.717) is 19.5 Å². The van der Waals surface area contributed by atoms with E-state index in [1.54, 1.807) is 6.92 Å². The van der Waals surface area contributed by atoms with Crippen molar-refractivity contribution in [2.75, 3.05) is 13.1 Å². The quantitative estimate of drug-likeness (QED) is 0.482. The molecule has 10 heavy (non-hydrogen) atoms. The largest absolute Gasteiger partial charge is 0.388 e. The Kier molecular flexibility index (Phi) is 1.56. The fraction of sp³-hybridized carbons (Fsp3) is 0.833. The first kappa shape index (κ1) is 7.34. The van der Waals surface area contributed by atoms with Crippen LogP contribution in [0.2, 0.25) is 0 Å². The lowest BCUT2D eigenvalue weighted by atomic mass is 10.1. The van der Waals surface area contributed by atoms with Crippen molar-refractivity contribution in [1.29, 1.82) is 0 Å². The number of urea groups is 1. The van der Waals surface area contributed by atoms with Gasteiger partial charge in [-0.05, 0) is 13.3 Å². The number of primary amides is 1. The molecule has 0 saturated carbocycles. The summed E-state index contributed by atoms with van der Waals surface area (Å²) in [7, 11) is 0. The van der Waals surface area contributed by atoms with E-state index in [1.807, 2.05) is 0 Å². The van der Waals surface area contributed by atoms with Crippen molar-refractivity contribution >= 4 is 6.03 Å². The van der Waals surface area contributed by atoms with Gasteiger partial charge in [0.15, 0.2) is 0 Å². The second-order valence-electron chi connectivity index (χ2n) is 3.01. The van der Waals surface area contributed by atoms with Gasteiger partial charge >= 0.3 is 6.03 Å². The van der Waals surface area contributed by atoms with E-state index < -0.39 is 11.6 Å². The maximum absolute atomic E-state index is 10.5. The van der Waals surface area contributed by atoms with Crippen molar-refractivity contribution in [3.8, 4) is 0 Å². The van der Waals surface area contributed by atoms with Gasteiger partial charge in [-0.2, -0.15) is 0 Å². The minimum Gasteiger partial charge on any atom is -0.388 e. The van der Waals surface area contributed by atoms with Crippen LogP contribution in [0.3, 0.4) is 0 Å². The molecule has 1 fully saturated rings. The number of hydrogen-bond donors (Lipinski definition) is 2. The molecule has 3 N–H and O–H groups in total. The zero-order valence-electron chi connectivity index (χ0n) is 6.00. The molecule has 0 aromatic carbocycles. The highest BCUT2D eigenvalue weighted by molar-refractivity contribution is 5.72. The lowest BCUT2D eigenvalue weighted by Crippen LogP contribution is -2.37. The number of carbonyl (C=O) groups is 1. The van der Waals surface area contributed by atoms with Crippen molar-refractivity contribution in [2.45, 2.75) is 18.9 Å². The first-order valence-corrected chi connectivity index (χ1v) is 3.28. The van der Waals surface area contributed by atoms with Gasteiger partial charge in [-0.1, -0.05) is 0 Å². The van der Waals surface area contributed by atoms with Gasteiger partial charge in [-0.3, -0.25) is 0 Å². The van der Waals surface area contributed by atoms with Gasteiger partial charge in [0, 0.05) is 6.54 Å². The standard InChI is InChI=1S/C6H12N2O2/c1-6(10)2-3-8(4-6)5(7)9/h10H,2-4H2,1H3,(H2,7,9)/t6-/m0/s1. The molecule has 58 valence electrons. The topological polar surface area (TPSA) is 66.6 Å². The third-order valence-electron chi connectivity index (χ3n) is 1.76. The number of hydrogen-bond acceptors (Lipinski definition) is 2. The molecule has 4 nitrogen and oxygen atoms in total. The average molecular weight is 144 g/mol. The number of carbonyl (C=O) groups excluding carboxylic acids is 1. The van der Waals surface area contributed by atoms with Gasteiger partial charge in [0.25, 0.3) is 0 Å². The van der Waals surface area contributed by atoms with E-state index in [9.17, 15) is 9.90 Å². The minimum atomic E-state index is -0.727. The minimum absolute atomic E-state index is 0.363. The molecule has 0 aromatic rings. The highest BCUT2D eigenvalue weighted by Gasteiger charge is 2.32. The first-order valence-electron chi connectivity index (χ1n) is 3.28. The van der Waals surface area contributed by atoms with Gasteiger partial charge in [0.1, 0.15) is 0 Å². The van der Waals surface area contributed by atoms with Gasteiger partial charge in [-0.15, -0.1) is 0 Å². The molecular weight excluding hydrogens is 132 g/mol. The molecule has 1 rings (SSSR count). The Bertz CT molecular complexity index is 156. The molecule has 0 unspecified atom stereocenters. The molecule has 1 atom stereocenters. The van der Waals surface area contributed by atoms with Crippen LogP contribution in [-0.4, -0.2) is 34.7 Å². The van der Waals surface area contributed by atoms with Crippen LogP contribution < -0.4 is 5.73 Å². The molecule has 0 radical (unpaired) electrons. The summed E-state index contributed by atoms with van der Waals surface area (Å²) in [5.41, 5.74) is 4.27. The molecule has 2 amide bonds. The maximum atomic E-state index is 10.5. The van der Waals surface area contributed by atoms with Gasteiger partial charge in [0.05, 0.1) is 12.1 Å². The van der Waals surface area contributed by atoms with Gasteiger partial charge < -0.3 is 15.7 Å². The third kappa shape index (κ3) is 1.39. The van der Waals surface area contributed by atoms with Crippen molar-refractivity contribution in [3.05, 3.63) is 0 Å². The van der Waals surface area contributed by atoms with E-state index in [0.717, 1.165) is 0 Å². The van der Waals surface area contributed by atoms with E-state index in [4.69, 9.17) is 5.73 Å². The molecule has 4 heteroatoms. The average Bonchev–Trinajstić information content (AvgIpc) is 2.10. The van der Waals surface area contributed by atoms with Crippen molar-refractivity contribution < 1.29 is 9.90 Å². The highest BCUT2D eigenvalue weighted by atomic mass is 16.3. The van der Waals surface area contributed by atoms with Crippen molar-refractivity contribution in [1.82, 2.24) is 4.90 Å². The Balaban J connectivity index is 2.51. The Labute approximate surface area is 59.6 Å². The summed E-state index contributed by atoms with van der Waals surface area (Å²) >= 11 is 0. The number of rotatable bonds is 0. The summed E-state index contributed by atoms with van der Waals surface area (Å²) in [6, 6.07) is -0.447. The number of aliphatic hydroxyl groups is 1. The smallest absolute Gasteiger partial charge is 0.314 e. The summed E-state index contributed by atoms with van der Waals surface area (Å²) < 4.78 is 0. The lowest BCUT2D eigenvalue weighted by Gasteiger charge is -2.16. The Morgan fingerprint density at radius 3 is 2.60 bits per heavy atom. The highest BCUT2D eigenvalue weighted by Crippen LogP contribution is 2.19. The van der Waals surface area contributed by atoms with E-state index in [-0.39, 0.29) is 0 Å². The fourth-order valence-electron chi connectivity index (χ4n) is 1.13. The van der Waals surface area contributed by atoms with Crippen LogP contribution in [-0.2, 0) is 0 Å². The summed E-state index contributed by atoms with van der Waals surface area (Å²) in [4.78, 5) is 12.0. The van der Waals surface area contributed by atoms with Crippen LogP contribution in [0.4, 0.5) is 4.79 Å². The van der Waals surface area contributed by atoms with Gasteiger partial charge in [0.2, 0.25) is 0 Å². The molecule has 0 bridgehead atoms. The Hall–Kier alpha value is -0.770. The second kappa shape index (κ2) is 2.12. The van der Waals surface area contributed by atoms with E-state index in [1.165, 1.54) is 4.90 Å². The number of amides is 2. The molecule has 1 heterocycles. The monoisotopic (exact) mass is 144 g/mol. The van der Waals surface area contributed by atoms with Crippen LogP contribution in [0.25, 0.3) is 0 Å². The molecule has 0 spiro atoms. The van der Waals surface area contributed by atoms with Crippen LogP contribution >= 0.6 is 0 Å². The first-order chi connectivity index (χ1) is 4.51. The summed E-state index contributed by atoms with van der Waals surface area (Å²) in [5.74, 6) is 0. The zero-order chi connectivity index (χ0) is 7.78. The molecule has 1 aliphatic heterocycles. The molecule has 1 aliphatic rings. The predicted octanol–water partition coefficient (Wildman–Crippen LogP) is -0.478. The molecular formula is C6H12N2O2. The van der Waals surface area contributed by atoms with Crippen LogP contribution in [0.15, 0.2) is 0 Å². The van der Waals surface area contributed by atoms with E-state index in [2.05, 4.69) is 0 Å². The summed E-state index contributed by atoms with van der Waals surface area (Å²) in [5, 5.41) is 9.36. The number of likely N-dealkylation sites (tertiary alicyclic amines) is 1. The Morgan fingerprint density at radius 2 is 2.40 bits per heavy atom. The fourth-order valence-corrected chi connectivity index (χ4v) is 1.13. The van der Waals surface area contributed by atoms with Crippen LogP contribution in [0.5, 0.6) is 0 Å². The lowest BCUT2D eigenvalue weighted by molar-refractivity contribution is 0.0725. The number of β-amino-alcohol motifs (C(OH)–C–C–N with tert-alkyl or cyclic N) is 1. The van der Waals surface area contributed by atoms with Crippen LogP contribution in [0, 0.1) is 0 Å². The number of nitrogens with zero attached hydrogens (tertiary/aromatic N) is 1. The predicted molar refractivity (Wildman–Crippen MR) is 36.4 cm³/mol. The summed E-state index contributed by atoms with van der Waals surface area (Å²) in [6.07, 6.45) is 0.621. The normalized spacial score (nSPS) is 32.8. The van der Waals surface area contributed by atoms with Crippen LogP contribution in [0.1, 0.15) is 13.3 Å².